The molecule has 3 nitrogen and oxygen atoms in total. The Balaban J connectivity index is 2.13. The molecule has 1 aromatic rings. The van der Waals surface area contributed by atoms with Crippen LogP contribution in [-0.4, -0.2) is 24.1 Å². The maximum atomic E-state index is 6.21. The van der Waals surface area contributed by atoms with E-state index in [1.165, 1.54) is 5.57 Å². The van der Waals surface area contributed by atoms with Gasteiger partial charge in [-0.2, -0.15) is 0 Å². The van der Waals surface area contributed by atoms with Crippen molar-refractivity contribution in [1.29, 1.82) is 0 Å². The van der Waals surface area contributed by atoms with Gasteiger partial charge in [0.2, 0.25) is 0 Å². The quantitative estimate of drug-likeness (QED) is 0.857. The van der Waals surface area contributed by atoms with E-state index in [1.54, 1.807) is 0 Å². The van der Waals surface area contributed by atoms with E-state index in [1.807, 2.05) is 12.1 Å². The second-order valence-electron chi connectivity index (χ2n) is 5.39. The molecular weight excluding hydrogens is 258 g/mol. The van der Waals surface area contributed by atoms with Crippen LogP contribution in [0.3, 0.4) is 0 Å². The van der Waals surface area contributed by atoms with Gasteiger partial charge in [-0.05, 0) is 25.5 Å². The highest BCUT2D eigenvalue weighted by molar-refractivity contribution is 6.31. The Bertz CT molecular complexity index is 468. The fourth-order valence-electron chi connectivity index (χ4n) is 2.18. The molecule has 0 aromatic carbocycles. The minimum absolute atomic E-state index is 0.432. The summed E-state index contributed by atoms with van der Waals surface area (Å²) in [5, 5.41) is 4.10. The van der Waals surface area contributed by atoms with Crippen LogP contribution in [-0.2, 0) is 6.54 Å². The summed E-state index contributed by atoms with van der Waals surface area (Å²) >= 11 is 6.21. The summed E-state index contributed by atoms with van der Waals surface area (Å²) in [6.07, 6.45) is 3.39. The van der Waals surface area contributed by atoms with Crippen molar-refractivity contribution in [3.8, 4) is 0 Å². The molecule has 0 atom stereocenters. The number of anilines is 1. The fraction of sp³-hybridized carbons (Fsp3) is 0.533. The minimum atomic E-state index is 0.432. The number of aromatic nitrogens is 1. The van der Waals surface area contributed by atoms with Gasteiger partial charge in [0.05, 0.1) is 10.7 Å². The fourth-order valence-corrected chi connectivity index (χ4v) is 2.35. The van der Waals surface area contributed by atoms with Gasteiger partial charge in [-0.1, -0.05) is 37.1 Å². The smallest absolute Gasteiger partial charge is 0.129 e. The molecule has 0 radical (unpaired) electrons. The normalized spacial score (nSPS) is 15.8. The molecule has 104 valence electrons. The summed E-state index contributed by atoms with van der Waals surface area (Å²) in [5.41, 5.74) is 2.34. The summed E-state index contributed by atoms with van der Waals surface area (Å²) in [6, 6.07) is 4.40. The number of hydrogen-bond acceptors (Lipinski definition) is 3. The van der Waals surface area contributed by atoms with Gasteiger partial charge in [-0.15, -0.1) is 0 Å². The molecule has 0 amide bonds. The van der Waals surface area contributed by atoms with Crippen molar-refractivity contribution in [2.24, 2.45) is 0 Å². The van der Waals surface area contributed by atoms with Crippen LogP contribution in [0.25, 0.3) is 0 Å². The molecule has 0 saturated heterocycles. The molecule has 0 saturated carbocycles. The molecule has 0 bridgehead atoms. The predicted octanol–water partition coefficient (Wildman–Crippen LogP) is 3.39. The molecule has 19 heavy (non-hydrogen) atoms. The Morgan fingerprint density at radius 1 is 1.42 bits per heavy atom. The third-order valence-corrected chi connectivity index (χ3v) is 3.58. The van der Waals surface area contributed by atoms with E-state index in [0.29, 0.717) is 12.6 Å². The monoisotopic (exact) mass is 279 g/mol. The lowest BCUT2D eigenvalue weighted by Crippen LogP contribution is -2.30. The predicted molar refractivity (Wildman–Crippen MR) is 81.8 cm³/mol. The maximum absolute atomic E-state index is 6.21. The van der Waals surface area contributed by atoms with Crippen LogP contribution in [0.2, 0.25) is 5.02 Å². The molecule has 1 N–H and O–H groups in total. The largest absolute Gasteiger partial charge is 0.352 e. The molecule has 0 fully saturated rings. The second kappa shape index (κ2) is 6.40. The van der Waals surface area contributed by atoms with Crippen molar-refractivity contribution in [3.05, 3.63) is 34.5 Å². The standard InChI is InChI=1S/C15H22ClN3/c1-11(2)17-9-14-13(16)6-7-15(18-14)19-8-4-5-12(3)10-19/h5-7,11,17H,4,8-10H2,1-3H3. The SMILES string of the molecule is CC1=CCCN(c2ccc(Cl)c(CNC(C)C)n2)C1. The van der Waals surface area contributed by atoms with E-state index in [4.69, 9.17) is 16.6 Å². The third kappa shape index (κ3) is 3.95. The lowest BCUT2D eigenvalue weighted by molar-refractivity contribution is 0.581. The molecule has 0 aliphatic carbocycles. The van der Waals surface area contributed by atoms with E-state index >= 15 is 0 Å². The highest BCUT2D eigenvalue weighted by atomic mass is 35.5. The average Bonchev–Trinajstić information content (AvgIpc) is 2.37. The Morgan fingerprint density at radius 2 is 2.21 bits per heavy atom. The van der Waals surface area contributed by atoms with Gasteiger partial charge in [0.15, 0.2) is 0 Å². The maximum Gasteiger partial charge on any atom is 0.129 e. The number of hydrogen-bond donors (Lipinski definition) is 1. The second-order valence-corrected chi connectivity index (χ2v) is 5.80. The summed E-state index contributed by atoms with van der Waals surface area (Å²) in [7, 11) is 0. The first-order valence-electron chi connectivity index (χ1n) is 6.85. The summed E-state index contributed by atoms with van der Waals surface area (Å²) in [6.45, 7) is 9.12. The van der Waals surface area contributed by atoms with Crippen LogP contribution < -0.4 is 10.2 Å². The van der Waals surface area contributed by atoms with Crippen LogP contribution in [0.15, 0.2) is 23.8 Å². The van der Waals surface area contributed by atoms with Gasteiger partial charge >= 0.3 is 0 Å². The highest BCUT2D eigenvalue weighted by Crippen LogP contribution is 2.22. The van der Waals surface area contributed by atoms with Gasteiger partial charge < -0.3 is 10.2 Å². The first-order chi connectivity index (χ1) is 9.06. The Kier molecular flexibility index (Phi) is 4.83. The first-order valence-corrected chi connectivity index (χ1v) is 7.23. The summed E-state index contributed by atoms with van der Waals surface area (Å²) in [4.78, 5) is 7.02. The summed E-state index contributed by atoms with van der Waals surface area (Å²) < 4.78 is 0. The highest BCUT2D eigenvalue weighted by Gasteiger charge is 2.13. The zero-order valence-electron chi connectivity index (χ0n) is 11.9. The summed E-state index contributed by atoms with van der Waals surface area (Å²) in [5.74, 6) is 1.03. The lowest BCUT2D eigenvalue weighted by Gasteiger charge is -2.27. The first kappa shape index (κ1) is 14.4. The Hall–Kier alpha value is -1.06. The van der Waals surface area contributed by atoms with E-state index in [-0.39, 0.29) is 0 Å². The zero-order chi connectivity index (χ0) is 13.8. The topological polar surface area (TPSA) is 28.2 Å². The number of nitrogens with zero attached hydrogens (tertiary/aromatic N) is 2. The van der Waals surface area contributed by atoms with Crippen LogP contribution in [0, 0.1) is 0 Å². The van der Waals surface area contributed by atoms with Crippen molar-refractivity contribution >= 4 is 17.4 Å². The van der Waals surface area contributed by atoms with E-state index < -0.39 is 0 Å². The van der Waals surface area contributed by atoms with Crippen molar-refractivity contribution in [3.63, 3.8) is 0 Å². The van der Waals surface area contributed by atoms with Crippen LogP contribution in [0.4, 0.5) is 5.82 Å². The van der Waals surface area contributed by atoms with E-state index in [0.717, 1.165) is 36.0 Å². The van der Waals surface area contributed by atoms with Crippen molar-refractivity contribution in [2.45, 2.75) is 39.8 Å². The molecule has 1 aliphatic rings. The number of rotatable bonds is 4. The molecular formula is C15H22ClN3. The zero-order valence-corrected chi connectivity index (χ0v) is 12.7. The van der Waals surface area contributed by atoms with Gasteiger partial charge in [0.1, 0.15) is 5.82 Å². The van der Waals surface area contributed by atoms with Gasteiger partial charge in [0.25, 0.3) is 0 Å². The van der Waals surface area contributed by atoms with Crippen molar-refractivity contribution in [1.82, 2.24) is 10.3 Å². The number of nitrogens with one attached hydrogen (secondary N) is 1. The van der Waals surface area contributed by atoms with Crippen LogP contribution >= 0.6 is 11.6 Å². The van der Waals surface area contributed by atoms with Crippen LogP contribution in [0.5, 0.6) is 0 Å². The molecule has 2 heterocycles. The average molecular weight is 280 g/mol. The Morgan fingerprint density at radius 3 is 2.89 bits per heavy atom. The molecule has 0 spiro atoms. The Labute approximate surface area is 120 Å². The van der Waals surface area contributed by atoms with Gasteiger partial charge in [-0.25, -0.2) is 4.98 Å². The van der Waals surface area contributed by atoms with E-state index in [2.05, 4.69) is 37.1 Å². The number of halogens is 1. The lowest BCUT2D eigenvalue weighted by atomic mass is 10.1. The van der Waals surface area contributed by atoms with Crippen molar-refractivity contribution in [2.75, 3.05) is 18.0 Å². The molecule has 1 aromatic heterocycles. The van der Waals surface area contributed by atoms with Gasteiger partial charge in [-0.3, -0.25) is 0 Å². The molecule has 1 aliphatic heterocycles. The third-order valence-electron chi connectivity index (χ3n) is 3.24. The van der Waals surface area contributed by atoms with Crippen LogP contribution in [0.1, 0.15) is 32.9 Å². The number of pyridine rings is 1. The van der Waals surface area contributed by atoms with E-state index in [9.17, 15) is 0 Å². The van der Waals surface area contributed by atoms with Crippen molar-refractivity contribution < 1.29 is 0 Å². The molecule has 0 unspecified atom stereocenters. The minimum Gasteiger partial charge on any atom is -0.352 e. The molecule has 4 heteroatoms. The molecule has 2 rings (SSSR count). The van der Waals surface area contributed by atoms with Gasteiger partial charge in [0, 0.05) is 25.7 Å².